The van der Waals surface area contributed by atoms with Crippen molar-refractivity contribution in [1.82, 2.24) is 0 Å². The molecular formula is C16H14BrNO3Sn. The first kappa shape index (κ1) is 15.6. The van der Waals surface area contributed by atoms with E-state index in [9.17, 15) is 4.79 Å². The van der Waals surface area contributed by atoms with E-state index < -0.39 is 19.2 Å². The van der Waals surface area contributed by atoms with Crippen molar-refractivity contribution in [3.8, 4) is 5.75 Å². The summed E-state index contributed by atoms with van der Waals surface area (Å²) >= 11 is -0.00289. The van der Waals surface area contributed by atoms with Crippen molar-refractivity contribution >= 4 is 53.0 Å². The first-order valence-corrected chi connectivity index (χ1v) is 15.6. The molecule has 0 saturated carbocycles. The Morgan fingerprint density at radius 3 is 2.68 bits per heavy atom. The maximum absolute atomic E-state index is 12.4. The van der Waals surface area contributed by atoms with Gasteiger partial charge in [-0.05, 0) is 0 Å². The predicted molar refractivity (Wildman–Crippen MR) is 91.4 cm³/mol. The molecule has 0 atom stereocenters. The molecule has 0 aliphatic carbocycles. The Morgan fingerprint density at radius 1 is 1.09 bits per heavy atom. The molecule has 0 aromatic heterocycles. The van der Waals surface area contributed by atoms with Gasteiger partial charge in [-0.15, -0.1) is 0 Å². The molecule has 112 valence electrons. The van der Waals surface area contributed by atoms with E-state index in [2.05, 4.69) is 20.9 Å². The van der Waals surface area contributed by atoms with Crippen molar-refractivity contribution in [2.24, 2.45) is 4.99 Å². The summed E-state index contributed by atoms with van der Waals surface area (Å²) in [7, 11) is 0. The van der Waals surface area contributed by atoms with Gasteiger partial charge >= 0.3 is 143 Å². The second kappa shape index (κ2) is 6.04. The summed E-state index contributed by atoms with van der Waals surface area (Å²) in [6.45, 7) is 0. The number of fused-ring (bicyclic) bond motifs is 2. The van der Waals surface area contributed by atoms with Crippen molar-refractivity contribution in [3.63, 3.8) is 0 Å². The van der Waals surface area contributed by atoms with Crippen LogP contribution in [0.2, 0.25) is 9.88 Å². The van der Waals surface area contributed by atoms with E-state index in [1.807, 2.05) is 34.1 Å². The minimum atomic E-state index is -3.46. The maximum atomic E-state index is 12.4. The third-order valence-electron chi connectivity index (χ3n) is 3.13. The summed E-state index contributed by atoms with van der Waals surface area (Å²) in [5.41, 5.74) is 1.92. The van der Waals surface area contributed by atoms with E-state index in [0.29, 0.717) is 17.0 Å². The Morgan fingerprint density at radius 2 is 1.86 bits per heavy atom. The number of carbonyl (C=O) groups is 1. The Hall–Kier alpha value is -1.34. The average Bonchev–Trinajstić information content (AvgIpc) is 2.46. The van der Waals surface area contributed by atoms with Crippen LogP contribution in [-0.4, -0.2) is 31.4 Å². The molecule has 0 radical (unpaired) electrons. The van der Waals surface area contributed by atoms with Gasteiger partial charge in [0.25, 0.3) is 0 Å². The Kier molecular flexibility index (Phi) is 4.27. The van der Waals surface area contributed by atoms with Crippen LogP contribution < -0.4 is 3.07 Å². The van der Waals surface area contributed by atoms with Crippen molar-refractivity contribution in [1.29, 1.82) is 0 Å². The van der Waals surface area contributed by atoms with Gasteiger partial charge in [-0.3, -0.25) is 0 Å². The summed E-state index contributed by atoms with van der Waals surface area (Å²) in [5.74, 6) is 0.328. The van der Waals surface area contributed by atoms with E-state index in [-0.39, 0.29) is 5.97 Å². The zero-order valence-corrected chi connectivity index (χ0v) is 16.6. The van der Waals surface area contributed by atoms with Gasteiger partial charge in [0.15, 0.2) is 0 Å². The first-order valence-electron chi connectivity index (χ1n) is 6.80. The predicted octanol–water partition coefficient (Wildman–Crippen LogP) is 4.45. The second-order valence-corrected chi connectivity index (χ2v) is 15.4. The van der Waals surface area contributed by atoms with E-state index >= 15 is 0 Å². The number of halogens is 1. The summed E-state index contributed by atoms with van der Waals surface area (Å²) in [6, 6.07) is 12.9. The van der Waals surface area contributed by atoms with Crippen LogP contribution in [0, 0.1) is 0 Å². The van der Waals surface area contributed by atoms with E-state index in [4.69, 9.17) is 6.15 Å². The summed E-state index contributed by atoms with van der Waals surface area (Å²) in [4.78, 5) is 20.6. The van der Waals surface area contributed by atoms with Gasteiger partial charge in [0, 0.05) is 0 Å². The van der Waals surface area contributed by atoms with Crippen LogP contribution in [0.4, 0.5) is 5.69 Å². The van der Waals surface area contributed by atoms with E-state index in [0.717, 1.165) is 10.0 Å². The summed E-state index contributed by atoms with van der Waals surface area (Å²) in [6.07, 6.45) is 1.72. The monoisotopic (exact) mass is 467 g/mol. The molecule has 0 saturated heterocycles. The molecule has 4 nitrogen and oxygen atoms in total. The number of hydrogen-bond acceptors (Lipinski definition) is 4. The van der Waals surface area contributed by atoms with Crippen molar-refractivity contribution in [2.45, 2.75) is 9.88 Å². The van der Waals surface area contributed by atoms with Crippen LogP contribution >= 0.6 is 15.9 Å². The zero-order chi connectivity index (χ0) is 15.7. The van der Waals surface area contributed by atoms with Gasteiger partial charge in [-0.1, -0.05) is 0 Å². The zero-order valence-electron chi connectivity index (χ0n) is 12.2. The molecule has 0 spiro atoms. The summed E-state index contributed by atoms with van der Waals surface area (Å²) in [5, 5.41) is 0. The number of nitrogens with zero attached hydrogens (tertiary/aromatic N) is 1. The van der Waals surface area contributed by atoms with E-state index in [1.165, 1.54) is 0 Å². The molecule has 0 bridgehead atoms. The molecule has 0 unspecified atom stereocenters. The molecule has 1 aliphatic heterocycles. The van der Waals surface area contributed by atoms with Crippen LogP contribution in [0.15, 0.2) is 51.9 Å². The molecule has 2 aromatic carbocycles. The summed E-state index contributed by atoms with van der Waals surface area (Å²) < 4.78 is 12.7. The molecule has 1 heterocycles. The number of aliphatic imine (C=N–C) groups is 1. The Labute approximate surface area is 142 Å². The van der Waals surface area contributed by atoms with Crippen LogP contribution in [0.1, 0.15) is 15.9 Å². The Balaban J connectivity index is 2.18. The van der Waals surface area contributed by atoms with Crippen LogP contribution in [0.25, 0.3) is 0 Å². The number of rotatable bonds is 0. The van der Waals surface area contributed by atoms with Crippen LogP contribution in [0.3, 0.4) is 0 Å². The SMILES string of the molecule is [CH3][Sn]1([CH3])[O]C(=O)c2ccccc2N=Cc2cc(Br)ccc2[O]1. The average molecular weight is 467 g/mol. The standard InChI is InChI=1S/C14H10BrNO3.2CH3.Sn/c15-10-5-6-13(17)9(7-10)8-16-12-4-2-1-3-11(12)14(18)19;;;/h1-8,17H,(H,18,19);2*1H3;/q;;;+2/p-2. The van der Waals surface area contributed by atoms with Crippen LogP contribution in [0.5, 0.6) is 5.75 Å². The first-order chi connectivity index (χ1) is 10.4. The van der Waals surface area contributed by atoms with Gasteiger partial charge in [0.1, 0.15) is 0 Å². The molecule has 1 aliphatic rings. The number of hydrogen-bond donors (Lipinski definition) is 0. The molecule has 22 heavy (non-hydrogen) atoms. The third-order valence-corrected chi connectivity index (χ3v) is 7.59. The molecule has 3 rings (SSSR count). The molecule has 2 aromatic rings. The number of para-hydroxylation sites is 1. The van der Waals surface area contributed by atoms with Crippen molar-refractivity contribution < 1.29 is 10.9 Å². The fourth-order valence-corrected chi connectivity index (χ4v) is 6.30. The van der Waals surface area contributed by atoms with E-state index in [1.54, 1.807) is 24.4 Å². The topological polar surface area (TPSA) is 47.9 Å². The van der Waals surface area contributed by atoms with Crippen LogP contribution in [-0.2, 0) is 3.07 Å². The van der Waals surface area contributed by atoms with Crippen molar-refractivity contribution in [2.75, 3.05) is 0 Å². The van der Waals surface area contributed by atoms with Gasteiger partial charge < -0.3 is 0 Å². The normalized spacial score (nSPS) is 16.0. The fourth-order valence-electron chi connectivity index (χ4n) is 2.17. The second-order valence-electron chi connectivity index (χ2n) is 5.35. The van der Waals surface area contributed by atoms with Gasteiger partial charge in [0.2, 0.25) is 0 Å². The van der Waals surface area contributed by atoms with Gasteiger partial charge in [-0.2, -0.15) is 0 Å². The van der Waals surface area contributed by atoms with Gasteiger partial charge in [-0.25, -0.2) is 0 Å². The quantitative estimate of drug-likeness (QED) is 0.539. The molecule has 0 N–H and O–H groups in total. The number of carbonyl (C=O) groups excluding carboxylic acids is 1. The third kappa shape index (κ3) is 3.35. The fraction of sp³-hybridized carbons (Fsp3) is 0.125. The Bertz CT molecular complexity index is 774. The van der Waals surface area contributed by atoms with Gasteiger partial charge in [0.05, 0.1) is 0 Å². The van der Waals surface area contributed by atoms with Crippen molar-refractivity contribution in [3.05, 3.63) is 58.1 Å². The molecule has 0 fully saturated rings. The molecular weight excluding hydrogens is 453 g/mol. The molecule has 6 heteroatoms. The minimum absolute atomic E-state index is 0.367. The number of benzene rings is 2. The molecule has 0 amide bonds.